The Morgan fingerprint density at radius 3 is 2.04 bits per heavy atom. The number of ketones is 1. The Morgan fingerprint density at radius 1 is 1.12 bits per heavy atom. The summed E-state index contributed by atoms with van der Waals surface area (Å²) < 4.78 is 0. The lowest BCUT2D eigenvalue weighted by atomic mass is 9.59. The maximum atomic E-state index is 13.4. The van der Waals surface area contributed by atoms with Gasteiger partial charge in [0.15, 0.2) is 0 Å². The first-order valence-electron chi connectivity index (χ1n) is 9.03. The predicted octanol–water partition coefficient (Wildman–Crippen LogP) is 3.79. The largest absolute Gasteiger partial charge is 0.369 e. The van der Waals surface area contributed by atoms with Crippen LogP contribution in [0.25, 0.3) is 0 Å². The quantitative estimate of drug-likeness (QED) is 0.533. The number of hydrogen-bond acceptors (Lipinski definition) is 4. The van der Waals surface area contributed by atoms with Crippen LogP contribution in [-0.4, -0.2) is 16.6 Å². The van der Waals surface area contributed by atoms with E-state index in [9.17, 15) is 19.7 Å². The molecule has 0 radical (unpaired) electrons. The number of benzene rings is 1. The molecule has 6 nitrogen and oxygen atoms in total. The topological polar surface area (TPSA) is 103 Å². The predicted molar refractivity (Wildman–Crippen MR) is 102 cm³/mol. The molecule has 1 rings (SSSR count). The minimum absolute atomic E-state index is 0.0451. The molecule has 1 aromatic rings. The van der Waals surface area contributed by atoms with E-state index in [1.54, 1.807) is 6.07 Å². The van der Waals surface area contributed by atoms with E-state index in [0.29, 0.717) is 17.5 Å². The Kier molecular flexibility index (Phi) is 7.07. The SMILES string of the molecule is CC(C)CC(=O)C(c1cc([N+](=O)[O-])ccc1CC(N)=O)(C(C)C)C(C)C. The molecule has 0 aliphatic rings. The second-order valence-corrected chi connectivity index (χ2v) is 7.94. The van der Waals surface area contributed by atoms with E-state index in [1.807, 2.05) is 41.5 Å². The van der Waals surface area contributed by atoms with Crippen molar-refractivity contribution in [3.05, 3.63) is 39.4 Å². The summed E-state index contributed by atoms with van der Waals surface area (Å²) in [5.74, 6) is -0.510. The van der Waals surface area contributed by atoms with Gasteiger partial charge in [0.1, 0.15) is 5.78 Å². The number of nitrogens with two attached hydrogens (primary N) is 1. The Morgan fingerprint density at radius 2 is 1.65 bits per heavy atom. The molecule has 0 saturated carbocycles. The third-order valence-corrected chi connectivity index (χ3v) is 4.99. The van der Waals surface area contributed by atoms with Gasteiger partial charge < -0.3 is 5.73 Å². The van der Waals surface area contributed by atoms with Gasteiger partial charge in [0, 0.05) is 18.6 Å². The van der Waals surface area contributed by atoms with Crippen LogP contribution in [0, 0.1) is 27.9 Å². The number of nitro groups is 1. The lowest BCUT2D eigenvalue weighted by molar-refractivity contribution is -0.385. The molecule has 0 heterocycles. The molecule has 0 aliphatic heterocycles. The molecule has 0 aliphatic carbocycles. The molecule has 1 aromatic carbocycles. The average Bonchev–Trinajstić information content (AvgIpc) is 2.46. The summed E-state index contributed by atoms with van der Waals surface area (Å²) in [7, 11) is 0. The van der Waals surface area contributed by atoms with Crippen molar-refractivity contribution in [3.63, 3.8) is 0 Å². The molecular formula is C20H30N2O4. The van der Waals surface area contributed by atoms with Gasteiger partial charge in [-0.3, -0.25) is 19.7 Å². The van der Waals surface area contributed by atoms with Crippen LogP contribution >= 0.6 is 0 Å². The Labute approximate surface area is 155 Å². The highest BCUT2D eigenvalue weighted by Gasteiger charge is 2.47. The van der Waals surface area contributed by atoms with E-state index in [-0.39, 0.29) is 35.6 Å². The van der Waals surface area contributed by atoms with Gasteiger partial charge in [-0.05, 0) is 28.9 Å². The Balaban J connectivity index is 3.82. The highest BCUT2D eigenvalue weighted by Crippen LogP contribution is 2.44. The molecule has 2 N–H and O–H groups in total. The van der Waals surface area contributed by atoms with Crippen molar-refractivity contribution in [1.82, 2.24) is 0 Å². The lowest BCUT2D eigenvalue weighted by Crippen LogP contribution is -2.47. The van der Waals surface area contributed by atoms with Crippen LogP contribution in [0.2, 0.25) is 0 Å². The van der Waals surface area contributed by atoms with E-state index in [1.165, 1.54) is 12.1 Å². The summed E-state index contributed by atoms with van der Waals surface area (Å²) in [6, 6.07) is 4.37. The van der Waals surface area contributed by atoms with E-state index in [2.05, 4.69) is 0 Å². The summed E-state index contributed by atoms with van der Waals surface area (Å²) in [6.45, 7) is 11.7. The van der Waals surface area contributed by atoms with Crippen LogP contribution in [0.5, 0.6) is 0 Å². The molecule has 1 amide bonds. The minimum atomic E-state index is -0.916. The standard InChI is InChI=1S/C20H30N2O4/c1-12(2)9-18(23)20(13(3)4,14(5)6)17-11-16(22(25)26)8-7-15(17)10-19(21)24/h7-8,11-14H,9-10H2,1-6H3,(H2,21,24). The van der Waals surface area contributed by atoms with Crippen LogP contribution in [-0.2, 0) is 21.4 Å². The van der Waals surface area contributed by atoms with E-state index >= 15 is 0 Å². The van der Waals surface area contributed by atoms with Crippen molar-refractivity contribution in [3.8, 4) is 0 Å². The van der Waals surface area contributed by atoms with Gasteiger partial charge in [0.2, 0.25) is 5.91 Å². The molecule has 26 heavy (non-hydrogen) atoms. The molecule has 0 unspecified atom stereocenters. The van der Waals surface area contributed by atoms with Crippen molar-refractivity contribution >= 4 is 17.4 Å². The minimum Gasteiger partial charge on any atom is -0.369 e. The Hall–Kier alpha value is -2.24. The fourth-order valence-electron chi connectivity index (χ4n) is 4.03. The molecule has 0 fully saturated rings. The van der Waals surface area contributed by atoms with Crippen molar-refractivity contribution in [2.24, 2.45) is 23.5 Å². The number of carbonyl (C=O) groups excluding carboxylic acids is 2. The normalized spacial score (nSPS) is 12.0. The number of hydrogen-bond donors (Lipinski definition) is 1. The van der Waals surface area contributed by atoms with Gasteiger partial charge in [-0.2, -0.15) is 0 Å². The molecule has 0 aromatic heterocycles. The molecule has 6 heteroatoms. The van der Waals surface area contributed by atoms with E-state index in [4.69, 9.17) is 5.73 Å². The Bertz CT molecular complexity index is 685. The zero-order valence-electron chi connectivity index (χ0n) is 16.5. The maximum Gasteiger partial charge on any atom is 0.269 e. The fourth-order valence-corrected chi connectivity index (χ4v) is 4.03. The van der Waals surface area contributed by atoms with Gasteiger partial charge in [0.05, 0.1) is 16.8 Å². The first-order chi connectivity index (χ1) is 11.9. The molecule has 0 bridgehead atoms. The second kappa shape index (κ2) is 8.43. The number of rotatable bonds is 9. The number of non-ortho nitro benzene ring substituents is 1. The summed E-state index contributed by atoms with van der Waals surface area (Å²) >= 11 is 0. The zero-order chi connectivity index (χ0) is 20.2. The molecule has 0 spiro atoms. The average molecular weight is 362 g/mol. The molecule has 0 atom stereocenters. The van der Waals surface area contributed by atoms with Crippen LogP contribution in [0.4, 0.5) is 5.69 Å². The molecule has 144 valence electrons. The smallest absolute Gasteiger partial charge is 0.269 e. The van der Waals surface area contributed by atoms with Crippen LogP contribution in [0.15, 0.2) is 18.2 Å². The van der Waals surface area contributed by atoms with Gasteiger partial charge >= 0.3 is 0 Å². The van der Waals surface area contributed by atoms with E-state index < -0.39 is 16.2 Å². The number of nitrogens with zero attached hydrogens (tertiary/aromatic N) is 1. The van der Waals surface area contributed by atoms with Crippen molar-refractivity contribution in [2.45, 2.75) is 59.8 Å². The molecule has 0 saturated heterocycles. The first kappa shape index (κ1) is 21.8. The fraction of sp³-hybridized carbons (Fsp3) is 0.600. The number of nitro benzene ring substituents is 1. The summed E-state index contributed by atoms with van der Waals surface area (Å²) in [4.78, 5) is 35.8. The number of amides is 1. The summed E-state index contributed by atoms with van der Waals surface area (Å²) in [6.07, 6.45) is 0.318. The van der Waals surface area contributed by atoms with Gasteiger partial charge in [-0.15, -0.1) is 0 Å². The summed E-state index contributed by atoms with van der Waals surface area (Å²) in [5, 5.41) is 11.3. The third-order valence-electron chi connectivity index (χ3n) is 4.99. The monoisotopic (exact) mass is 362 g/mol. The molecular weight excluding hydrogens is 332 g/mol. The van der Waals surface area contributed by atoms with Crippen LogP contribution < -0.4 is 5.73 Å². The summed E-state index contributed by atoms with van der Waals surface area (Å²) in [5.41, 5.74) is 5.53. The number of carbonyl (C=O) groups is 2. The van der Waals surface area contributed by atoms with E-state index in [0.717, 1.165) is 0 Å². The van der Waals surface area contributed by atoms with Gasteiger partial charge in [-0.25, -0.2) is 0 Å². The second-order valence-electron chi connectivity index (χ2n) is 7.94. The van der Waals surface area contributed by atoms with Gasteiger partial charge in [-0.1, -0.05) is 47.6 Å². The maximum absolute atomic E-state index is 13.4. The van der Waals surface area contributed by atoms with Crippen molar-refractivity contribution in [1.29, 1.82) is 0 Å². The highest BCUT2D eigenvalue weighted by atomic mass is 16.6. The van der Waals surface area contributed by atoms with Crippen molar-refractivity contribution < 1.29 is 14.5 Å². The number of Topliss-reactive ketones (excluding diaryl/α,β-unsaturated/α-hetero) is 1. The van der Waals surface area contributed by atoms with Gasteiger partial charge in [0.25, 0.3) is 5.69 Å². The lowest BCUT2D eigenvalue weighted by Gasteiger charge is -2.42. The van der Waals surface area contributed by atoms with Crippen LogP contribution in [0.3, 0.4) is 0 Å². The third kappa shape index (κ3) is 4.29. The van der Waals surface area contributed by atoms with Crippen molar-refractivity contribution in [2.75, 3.05) is 0 Å². The highest BCUT2D eigenvalue weighted by molar-refractivity contribution is 5.92. The zero-order valence-corrected chi connectivity index (χ0v) is 16.5. The first-order valence-corrected chi connectivity index (χ1v) is 9.03. The van der Waals surface area contributed by atoms with Crippen LogP contribution in [0.1, 0.15) is 59.1 Å². The number of primary amides is 1.